The minimum Gasteiger partial charge on any atom is -0.421 e. The standard InChI is InChI=1S/C17H11FN4O5S/c18-12-3-1-2-4-14(12)26-16-19-8-10(9-20-16)22-28(24,25)11-5-6-15-13(7-11)21-17(23)27-15/h1-9,22H,(H,21,23). The van der Waals surface area contributed by atoms with Crippen molar-refractivity contribution in [1.82, 2.24) is 15.0 Å². The SMILES string of the molecule is O=c1[nH]c2cc(S(=O)(=O)Nc3cnc(Oc4ccccc4F)nc3)ccc2o1. The maximum atomic E-state index is 13.6. The molecule has 11 heteroatoms. The van der Waals surface area contributed by atoms with Crippen LogP contribution in [0.1, 0.15) is 0 Å². The molecule has 4 aromatic rings. The Labute approximate surface area is 156 Å². The maximum Gasteiger partial charge on any atom is 0.417 e. The van der Waals surface area contributed by atoms with Gasteiger partial charge in [-0.3, -0.25) is 9.71 Å². The molecular formula is C17H11FN4O5S. The number of oxazole rings is 1. The molecule has 0 unspecified atom stereocenters. The number of nitrogens with one attached hydrogen (secondary N) is 2. The smallest absolute Gasteiger partial charge is 0.417 e. The highest BCUT2D eigenvalue weighted by atomic mass is 32.2. The first-order chi connectivity index (χ1) is 13.4. The number of nitrogens with zero attached hydrogens (tertiary/aromatic N) is 2. The highest BCUT2D eigenvalue weighted by Crippen LogP contribution is 2.23. The van der Waals surface area contributed by atoms with Gasteiger partial charge in [0.1, 0.15) is 0 Å². The molecule has 0 saturated heterocycles. The average Bonchev–Trinajstić information content (AvgIpc) is 3.04. The van der Waals surface area contributed by atoms with Gasteiger partial charge in [0.15, 0.2) is 17.1 Å². The molecule has 0 aliphatic rings. The molecule has 2 aromatic heterocycles. The Balaban J connectivity index is 1.54. The van der Waals surface area contributed by atoms with Crippen molar-refractivity contribution in [3.05, 3.63) is 71.2 Å². The second-order valence-electron chi connectivity index (χ2n) is 5.56. The van der Waals surface area contributed by atoms with Crippen LogP contribution in [0.5, 0.6) is 11.8 Å². The molecular weight excluding hydrogens is 391 g/mol. The minimum atomic E-state index is -3.97. The minimum absolute atomic E-state index is 0.0572. The van der Waals surface area contributed by atoms with Crippen molar-refractivity contribution < 1.29 is 22.0 Å². The lowest BCUT2D eigenvalue weighted by molar-refractivity contribution is 0.411. The average molecular weight is 402 g/mol. The van der Waals surface area contributed by atoms with Gasteiger partial charge in [-0.25, -0.2) is 27.6 Å². The van der Waals surface area contributed by atoms with E-state index in [9.17, 15) is 17.6 Å². The number of ether oxygens (including phenoxy) is 1. The van der Waals surface area contributed by atoms with Crippen molar-refractivity contribution in [3.63, 3.8) is 0 Å². The van der Waals surface area contributed by atoms with E-state index in [2.05, 4.69) is 19.7 Å². The molecule has 2 aromatic carbocycles. The molecule has 142 valence electrons. The van der Waals surface area contributed by atoms with Crippen LogP contribution in [0.2, 0.25) is 0 Å². The van der Waals surface area contributed by atoms with Crippen LogP contribution in [0, 0.1) is 5.82 Å². The van der Waals surface area contributed by atoms with E-state index in [1.54, 1.807) is 6.07 Å². The van der Waals surface area contributed by atoms with E-state index >= 15 is 0 Å². The van der Waals surface area contributed by atoms with Crippen molar-refractivity contribution in [2.75, 3.05) is 4.72 Å². The summed E-state index contributed by atoms with van der Waals surface area (Å²) in [4.78, 5) is 21.2. The van der Waals surface area contributed by atoms with E-state index in [1.807, 2.05) is 0 Å². The Bertz CT molecular complexity index is 1320. The quantitative estimate of drug-likeness (QED) is 0.525. The molecule has 0 aliphatic heterocycles. The van der Waals surface area contributed by atoms with Crippen LogP contribution in [0.4, 0.5) is 10.1 Å². The molecule has 4 rings (SSSR count). The van der Waals surface area contributed by atoms with Gasteiger partial charge in [0, 0.05) is 0 Å². The maximum absolute atomic E-state index is 13.6. The third-order valence-corrected chi connectivity index (χ3v) is 5.00. The Hall–Kier alpha value is -3.73. The normalized spacial score (nSPS) is 11.5. The monoisotopic (exact) mass is 402 g/mol. The molecule has 2 heterocycles. The van der Waals surface area contributed by atoms with Crippen LogP contribution in [-0.4, -0.2) is 23.4 Å². The number of benzene rings is 2. The van der Waals surface area contributed by atoms with Gasteiger partial charge in [-0.05, 0) is 30.3 Å². The Morgan fingerprint density at radius 3 is 2.61 bits per heavy atom. The number of hydrogen-bond donors (Lipinski definition) is 2. The van der Waals surface area contributed by atoms with E-state index in [1.165, 1.54) is 48.8 Å². The summed E-state index contributed by atoms with van der Waals surface area (Å²) >= 11 is 0. The van der Waals surface area contributed by atoms with E-state index in [4.69, 9.17) is 9.15 Å². The number of sulfonamides is 1. The first-order valence-corrected chi connectivity index (χ1v) is 9.29. The van der Waals surface area contributed by atoms with Gasteiger partial charge in [-0.1, -0.05) is 12.1 Å². The predicted octanol–water partition coefficient (Wildman–Crippen LogP) is 2.64. The summed E-state index contributed by atoms with van der Waals surface area (Å²) in [6.07, 6.45) is 2.36. The zero-order valence-electron chi connectivity index (χ0n) is 13.9. The summed E-state index contributed by atoms with van der Waals surface area (Å²) < 4.78 is 50.9. The van der Waals surface area contributed by atoms with Gasteiger partial charge in [0.25, 0.3) is 10.0 Å². The molecule has 0 bridgehead atoms. The molecule has 0 amide bonds. The molecule has 9 nitrogen and oxygen atoms in total. The predicted molar refractivity (Wildman–Crippen MR) is 96.1 cm³/mol. The lowest BCUT2D eigenvalue weighted by Gasteiger charge is -2.08. The summed E-state index contributed by atoms with van der Waals surface area (Å²) in [7, 11) is -3.97. The number of fused-ring (bicyclic) bond motifs is 1. The number of hydrogen-bond acceptors (Lipinski definition) is 7. The fourth-order valence-corrected chi connectivity index (χ4v) is 3.41. The second kappa shape index (κ2) is 6.78. The number of anilines is 1. The van der Waals surface area contributed by atoms with Crippen molar-refractivity contribution in [3.8, 4) is 11.8 Å². The topological polar surface area (TPSA) is 127 Å². The molecule has 0 radical (unpaired) electrons. The Morgan fingerprint density at radius 1 is 1.11 bits per heavy atom. The number of halogens is 1. The van der Waals surface area contributed by atoms with Gasteiger partial charge < -0.3 is 9.15 Å². The van der Waals surface area contributed by atoms with Gasteiger partial charge in [0.05, 0.1) is 28.5 Å². The van der Waals surface area contributed by atoms with Crippen molar-refractivity contribution in [2.24, 2.45) is 0 Å². The highest BCUT2D eigenvalue weighted by molar-refractivity contribution is 7.92. The second-order valence-corrected chi connectivity index (χ2v) is 7.25. The number of H-pyrrole nitrogens is 1. The molecule has 0 aliphatic carbocycles. The highest BCUT2D eigenvalue weighted by Gasteiger charge is 2.17. The third-order valence-electron chi connectivity index (χ3n) is 3.62. The molecule has 0 saturated carbocycles. The number of para-hydroxylation sites is 1. The Morgan fingerprint density at radius 2 is 1.86 bits per heavy atom. The lowest BCUT2D eigenvalue weighted by atomic mass is 10.3. The van der Waals surface area contributed by atoms with Crippen LogP contribution in [0.15, 0.2) is 69.0 Å². The first kappa shape index (κ1) is 17.7. The zero-order valence-corrected chi connectivity index (χ0v) is 14.7. The van der Waals surface area contributed by atoms with Gasteiger partial charge in [-0.15, -0.1) is 0 Å². The summed E-state index contributed by atoms with van der Waals surface area (Å²) in [6, 6.07) is 9.50. The van der Waals surface area contributed by atoms with Crippen molar-refractivity contribution in [2.45, 2.75) is 4.90 Å². The fraction of sp³-hybridized carbons (Fsp3) is 0. The largest absolute Gasteiger partial charge is 0.421 e. The van der Waals surface area contributed by atoms with E-state index < -0.39 is 21.6 Å². The fourth-order valence-electron chi connectivity index (χ4n) is 2.36. The summed E-state index contributed by atoms with van der Waals surface area (Å²) in [5.74, 6) is -1.32. The first-order valence-electron chi connectivity index (χ1n) is 7.81. The number of aromatic amines is 1. The van der Waals surface area contributed by atoms with E-state index in [0.717, 1.165) is 0 Å². The van der Waals surface area contributed by atoms with Gasteiger partial charge in [-0.2, -0.15) is 0 Å². The Kier molecular flexibility index (Phi) is 4.28. The third kappa shape index (κ3) is 3.55. The van der Waals surface area contributed by atoms with Gasteiger partial charge in [0.2, 0.25) is 0 Å². The molecule has 2 N–H and O–H groups in total. The van der Waals surface area contributed by atoms with E-state index in [0.29, 0.717) is 0 Å². The van der Waals surface area contributed by atoms with Crippen LogP contribution in [0.3, 0.4) is 0 Å². The van der Waals surface area contributed by atoms with E-state index in [-0.39, 0.29) is 33.4 Å². The molecule has 0 fully saturated rings. The number of rotatable bonds is 5. The van der Waals surface area contributed by atoms with Crippen molar-refractivity contribution >= 4 is 26.8 Å². The summed E-state index contributed by atoms with van der Waals surface area (Å²) in [5.41, 5.74) is 0.557. The summed E-state index contributed by atoms with van der Waals surface area (Å²) in [6.45, 7) is 0. The molecule has 28 heavy (non-hydrogen) atoms. The van der Waals surface area contributed by atoms with Crippen LogP contribution in [-0.2, 0) is 10.0 Å². The zero-order chi connectivity index (χ0) is 19.7. The molecule has 0 spiro atoms. The van der Waals surface area contributed by atoms with Crippen LogP contribution in [0.25, 0.3) is 11.1 Å². The van der Waals surface area contributed by atoms with Crippen LogP contribution < -0.4 is 15.2 Å². The summed E-state index contributed by atoms with van der Waals surface area (Å²) in [5, 5.41) is 0. The number of aromatic nitrogens is 3. The van der Waals surface area contributed by atoms with Crippen LogP contribution >= 0.6 is 0 Å². The lowest BCUT2D eigenvalue weighted by Crippen LogP contribution is -2.13. The van der Waals surface area contributed by atoms with Crippen molar-refractivity contribution in [1.29, 1.82) is 0 Å². The molecule has 0 atom stereocenters. The van der Waals surface area contributed by atoms with Gasteiger partial charge >= 0.3 is 11.8 Å².